The Hall–Kier alpha value is -4.39. The zero-order valence-corrected chi connectivity index (χ0v) is 20.7. The summed E-state index contributed by atoms with van der Waals surface area (Å²) in [5, 5.41) is 7.92. The Morgan fingerprint density at radius 2 is 1.82 bits per heavy atom. The number of ketones is 1. The highest BCUT2D eigenvalue weighted by molar-refractivity contribution is 7.92. The van der Waals surface area contributed by atoms with Crippen LogP contribution in [0.1, 0.15) is 34.8 Å². The minimum atomic E-state index is -4.85. The molecule has 0 aliphatic heterocycles. The molecule has 0 amide bonds. The van der Waals surface area contributed by atoms with Crippen molar-refractivity contribution in [1.82, 2.24) is 9.97 Å². The number of benzene rings is 2. The maximum Gasteiger partial charge on any atom is 0.265 e. The standard InChI is InChI=1S/C25H19F4N5O3S/c1-12(30)7-20(31-2)13-8-15-16(11-33-25(15)32-10-13)24(35)22-18(28)5-6-19(23(22)29)34-38(36,37)21-9-14(26)3-4-17(21)27/h3-6,8-11,30,34H,7H2,1-2H3,(H,32,33). The highest BCUT2D eigenvalue weighted by atomic mass is 32.2. The molecule has 13 heteroatoms. The van der Waals surface area contributed by atoms with Crippen molar-refractivity contribution in [3.63, 3.8) is 0 Å². The van der Waals surface area contributed by atoms with Gasteiger partial charge in [-0.15, -0.1) is 0 Å². The van der Waals surface area contributed by atoms with Crippen LogP contribution < -0.4 is 4.72 Å². The van der Waals surface area contributed by atoms with Crippen molar-refractivity contribution in [3.8, 4) is 0 Å². The van der Waals surface area contributed by atoms with Crippen LogP contribution in [0.15, 0.2) is 58.7 Å². The number of pyridine rings is 1. The van der Waals surface area contributed by atoms with E-state index < -0.39 is 55.2 Å². The van der Waals surface area contributed by atoms with Crippen molar-refractivity contribution in [2.75, 3.05) is 11.8 Å². The van der Waals surface area contributed by atoms with Crippen LogP contribution in [0.5, 0.6) is 0 Å². The van der Waals surface area contributed by atoms with E-state index in [0.29, 0.717) is 41.3 Å². The number of aromatic nitrogens is 2. The third-order valence-electron chi connectivity index (χ3n) is 5.56. The molecule has 0 fully saturated rings. The van der Waals surface area contributed by atoms with Gasteiger partial charge in [0, 0.05) is 53.8 Å². The number of H-pyrrole nitrogens is 1. The van der Waals surface area contributed by atoms with Gasteiger partial charge in [-0.1, -0.05) is 0 Å². The summed E-state index contributed by atoms with van der Waals surface area (Å²) >= 11 is 0. The van der Waals surface area contributed by atoms with Gasteiger partial charge in [0.05, 0.1) is 11.3 Å². The largest absolute Gasteiger partial charge is 0.345 e. The molecule has 0 saturated heterocycles. The number of carbonyl (C=O) groups excluding carboxylic acids is 1. The van der Waals surface area contributed by atoms with Crippen LogP contribution in [-0.2, 0) is 10.0 Å². The second-order valence-corrected chi connectivity index (χ2v) is 9.89. The van der Waals surface area contributed by atoms with Crippen LogP contribution in [-0.4, -0.2) is 42.6 Å². The zero-order chi connectivity index (χ0) is 27.8. The van der Waals surface area contributed by atoms with Gasteiger partial charge in [-0.3, -0.25) is 14.5 Å². The number of hydrogen-bond acceptors (Lipinski definition) is 6. The van der Waals surface area contributed by atoms with Gasteiger partial charge >= 0.3 is 0 Å². The number of carbonyl (C=O) groups is 1. The van der Waals surface area contributed by atoms with Gasteiger partial charge in [0.2, 0.25) is 5.78 Å². The van der Waals surface area contributed by atoms with E-state index in [-0.39, 0.29) is 23.0 Å². The molecule has 2 aromatic heterocycles. The number of fused-ring (bicyclic) bond motifs is 1. The molecular formula is C25H19F4N5O3S. The lowest BCUT2D eigenvalue weighted by atomic mass is 9.99. The first kappa shape index (κ1) is 26.7. The summed E-state index contributed by atoms with van der Waals surface area (Å²) in [6, 6.07) is 4.60. The fourth-order valence-corrected chi connectivity index (χ4v) is 4.92. The van der Waals surface area contributed by atoms with Gasteiger partial charge in [0.15, 0.2) is 5.82 Å². The molecule has 0 bridgehead atoms. The van der Waals surface area contributed by atoms with E-state index in [4.69, 9.17) is 5.41 Å². The average Bonchev–Trinajstić information content (AvgIpc) is 3.29. The summed E-state index contributed by atoms with van der Waals surface area (Å²) < 4.78 is 84.6. The van der Waals surface area contributed by atoms with Crippen LogP contribution in [0.25, 0.3) is 11.0 Å². The van der Waals surface area contributed by atoms with Crippen LogP contribution in [0.3, 0.4) is 0 Å². The molecule has 0 radical (unpaired) electrons. The molecule has 2 heterocycles. The topological polar surface area (TPSA) is 128 Å². The molecule has 196 valence electrons. The first-order chi connectivity index (χ1) is 17.9. The Morgan fingerprint density at radius 3 is 2.50 bits per heavy atom. The van der Waals surface area contributed by atoms with Crippen molar-refractivity contribution in [3.05, 3.63) is 88.8 Å². The maximum atomic E-state index is 15.4. The SMILES string of the molecule is CN=C(CC(C)=N)c1cnc2[nH]cc(C(=O)c3c(F)ccc(NS(=O)(=O)c4cc(F)ccc4F)c3F)c2c1. The molecule has 4 rings (SSSR count). The fraction of sp³-hybridized carbons (Fsp3) is 0.120. The van der Waals surface area contributed by atoms with Crippen LogP contribution in [0.4, 0.5) is 23.2 Å². The van der Waals surface area contributed by atoms with E-state index in [1.807, 2.05) is 0 Å². The van der Waals surface area contributed by atoms with Crippen molar-refractivity contribution < 1.29 is 30.8 Å². The third kappa shape index (κ3) is 5.05. The molecule has 0 saturated carbocycles. The Kier molecular flexibility index (Phi) is 7.14. The lowest BCUT2D eigenvalue weighted by Crippen LogP contribution is -2.18. The Bertz CT molecular complexity index is 1750. The average molecular weight is 546 g/mol. The van der Waals surface area contributed by atoms with Gasteiger partial charge in [-0.25, -0.2) is 31.0 Å². The minimum Gasteiger partial charge on any atom is -0.345 e. The summed E-state index contributed by atoms with van der Waals surface area (Å²) in [6.07, 6.45) is 2.89. The summed E-state index contributed by atoms with van der Waals surface area (Å²) in [5.74, 6) is -6.30. The first-order valence-corrected chi connectivity index (χ1v) is 12.4. The molecule has 38 heavy (non-hydrogen) atoms. The van der Waals surface area contributed by atoms with E-state index in [0.717, 1.165) is 6.07 Å². The second kappa shape index (κ2) is 10.2. The second-order valence-electron chi connectivity index (χ2n) is 8.24. The highest BCUT2D eigenvalue weighted by Crippen LogP contribution is 2.29. The molecule has 0 aliphatic rings. The lowest BCUT2D eigenvalue weighted by molar-refractivity contribution is 0.103. The van der Waals surface area contributed by atoms with Gasteiger partial charge in [0.25, 0.3) is 10.0 Å². The first-order valence-electron chi connectivity index (χ1n) is 10.9. The Balaban J connectivity index is 1.77. The van der Waals surface area contributed by atoms with E-state index in [1.165, 1.54) is 25.5 Å². The molecule has 0 spiro atoms. The van der Waals surface area contributed by atoms with Crippen LogP contribution in [0, 0.1) is 28.7 Å². The van der Waals surface area contributed by atoms with E-state index in [9.17, 15) is 26.4 Å². The van der Waals surface area contributed by atoms with Crippen molar-refractivity contribution in [2.45, 2.75) is 18.2 Å². The van der Waals surface area contributed by atoms with E-state index >= 15 is 4.39 Å². The number of nitrogens with zero attached hydrogens (tertiary/aromatic N) is 2. The number of aromatic amines is 1. The minimum absolute atomic E-state index is 0.162. The maximum absolute atomic E-state index is 15.4. The number of hydrogen-bond donors (Lipinski definition) is 3. The number of sulfonamides is 1. The van der Waals surface area contributed by atoms with E-state index in [1.54, 1.807) is 11.6 Å². The Morgan fingerprint density at radius 1 is 1.11 bits per heavy atom. The number of anilines is 1. The van der Waals surface area contributed by atoms with Crippen LogP contribution >= 0.6 is 0 Å². The van der Waals surface area contributed by atoms with Crippen molar-refractivity contribution >= 4 is 44.0 Å². The smallest absolute Gasteiger partial charge is 0.265 e. The number of rotatable bonds is 8. The van der Waals surface area contributed by atoms with E-state index in [2.05, 4.69) is 15.0 Å². The van der Waals surface area contributed by atoms with Gasteiger partial charge in [0.1, 0.15) is 28.0 Å². The molecule has 2 aromatic carbocycles. The third-order valence-corrected chi connectivity index (χ3v) is 6.94. The summed E-state index contributed by atoms with van der Waals surface area (Å²) in [7, 11) is -3.32. The van der Waals surface area contributed by atoms with Gasteiger partial charge in [-0.2, -0.15) is 0 Å². The number of nitrogens with one attached hydrogen (secondary N) is 3. The number of aliphatic imine (C=N–C) groups is 1. The summed E-state index contributed by atoms with van der Waals surface area (Å²) in [4.78, 5) is 23.3. The molecule has 0 aliphatic carbocycles. The fourth-order valence-electron chi connectivity index (χ4n) is 3.77. The quantitative estimate of drug-likeness (QED) is 0.164. The zero-order valence-electron chi connectivity index (χ0n) is 19.9. The summed E-state index contributed by atoms with van der Waals surface area (Å²) in [6.45, 7) is 1.60. The Labute approximate surface area is 214 Å². The van der Waals surface area contributed by atoms with Crippen LogP contribution in [0.2, 0.25) is 0 Å². The van der Waals surface area contributed by atoms with Crippen molar-refractivity contribution in [2.24, 2.45) is 4.99 Å². The van der Waals surface area contributed by atoms with Crippen molar-refractivity contribution in [1.29, 1.82) is 5.41 Å². The van der Waals surface area contributed by atoms with Gasteiger partial charge in [-0.05, 0) is 43.3 Å². The normalized spacial score (nSPS) is 12.1. The number of halogens is 4. The molecule has 8 nitrogen and oxygen atoms in total. The summed E-state index contributed by atoms with van der Waals surface area (Å²) in [5.41, 5.74) is -0.527. The molecule has 0 atom stereocenters. The molecular weight excluding hydrogens is 526 g/mol. The molecule has 3 N–H and O–H groups in total. The highest BCUT2D eigenvalue weighted by Gasteiger charge is 2.28. The van der Waals surface area contributed by atoms with Gasteiger partial charge < -0.3 is 10.4 Å². The predicted octanol–water partition coefficient (Wildman–Crippen LogP) is 5.00. The predicted molar refractivity (Wildman–Crippen MR) is 134 cm³/mol. The molecule has 0 unspecified atom stereocenters. The molecule has 4 aromatic rings. The monoisotopic (exact) mass is 545 g/mol. The lowest BCUT2D eigenvalue weighted by Gasteiger charge is -2.12.